The lowest BCUT2D eigenvalue weighted by Gasteiger charge is -2.24. The minimum absolute atomic E-state index is 0.199. The summed E-state index contributed by atoms with van der Waals surface area (Å²) in [4.78, 5) is 11.0. The standard InChI is InChI=1S/C24H28F2N4O3S/c1-3-15-10-27-24(28-11-15)29-12-18-19(13-29)20(18)14-33-23-21(25)8-17(9-22(23)26)16-4-6-30(7-5-16)34(2,31)32/h4,8-11,18-20H,3,5-7,12-14H2,1-2H3/t18-,19?,20+/m1/s1. The third-order valence-electron chi connectivity index (χ3n) is 7.18. The maximum Gasteiger partial charge on any atom is 0.225 e. The largest absolute Gasteiger partial charge is 0.487 e. The van der Waals surface area contributed by atoms with Crippen LogP contribution in [0.4, 0.5) is 14.7 Å². The van der Waals surface area contributed by atoms with Crippen molar-refractivity contribution in [1.29, 1.82) is 0 Å². The van der Waals surface area contributed by atoms with E-state index in [4.69, 9.17) is 4.74 Å². The molecule has 0 spiro atoms. The average molecular weight is 491 g/mol. The molecule has 0 amide bonds. The Balaban J connectivity index is 1.17. The minimum Gasteiger partial charge on any atom is -0.487 e. The molecule has 34 heavy (non-hydrogen) atoms. The number of aromatic nitrogens is 2. The highest BCUT2D eigenvalue weighted by Gasteiger charge is 2.56. The first-order valence-corrected chi connectivity index (χ1v) is 13.4. The van der Waals surface area contributed by atoms with Gasteiger partial charge in [-0.3, -0.25) is 0 Å². The summed E-state index contributed by atoms with van der Waals surface area (Å²) in [6, 6.07) is 2.54. The average Bonchev–Trinajstić information content (AvgIpc) is 3.26. The molecule has 1 aromatic heterocycles. The lowest BCUT2D eigenvalue weighted by atomic mass is 10.00. The van der Waals surface area contributed by atoms with E-state index in [1.54, 1.807) is 6.08 Å². The molecule has 1 saturated heterocycles. The van der Waals surface area contributed by atoms with Crippen LogP contribution in [0.5, 0.6) is 5.75 Å². The van der Waals surface area contributed by atoms with Crippen LogP contribution < -0.4 is 9.64 Å². The second-order valence-electron chi connectivity index (χ2n) is 9.32. The Bertz CT molecular complexity index is 1180. The summed E-state index contributed by atoms with van der Waals surface area (Å²) < 4.78 is 59.7. The van der Waals surface area contributed by atoms with E-state index in [9.17, 15) is 17.2 Å². The summed E-state index contributed by atoms with van der Waals surface area (Å²) in [6.07, 6.45) is 7.87. The van der Waals surface area contributed by atoms with E-state index in [2.05, 4.69) is 21.8 Å². The Labute approximate surface area is 198 Å². The molecule has 2 fully saturated rings. The van der Waals surface area contributed by atoms with Gasteiger partial charge in [-0.15, -0.1) is 0 Å². The van der Waals surface area contributed by atoms with Gasteiger partial charge in [0.1, 0.15) is 0 Å². The molecule has 0 bridgehead atoms. The van der Waals surface area contributed by atoms with E-state index in [-0.39, 0.29) is 24.8 Å². The second kappa shape index (κ2) is 8.88. The van der Waals surface area contributed by atoms with Crippen molar-refractivity contribution in [1.82, 2.24) is 14.3 Å². The molecule has 1 aliphatic carbocycles. The van der Waals surface area contributed by atoms with E-state index in [0.717, 1.165) is 42.9 Å². The fourth-order valence-corrected chi connectivity index (χ4v) is 5.80. The highest BCUT2D eigenvalue weighted by molar-refractivity contribution is 7.88. The Morgan fingerprint density at radius 1 is 1.12 bits per heavy atom. The van der Waals surface area contributed by atoms with Crippen LogP contribution in [0.2, 0.25) is 0 Å². The van der Waals surface area contributed by atoms with Gasteiger partial charge in [-0.2, -0.15) is 4.31 Å². The molecular formula is C24H28F2N4O3S. The van der Waals surface area contributed by atoms with Crippen molar-refractivity contribution in [2.45, 2.75) is 19.8 Å². The van der Waals surface area contributed by atoms with E-state index in [1.807, 2.05) is 12.4 Å². The zero-order chi connectivity index (χ0) is 24.0. The first-order chi connectivity index (χ1) is 16.2. The van der Waals surface area contributed by atoms with E-state index < -0.39 is 21.7 Å². The van der Waals surface area contributed by atoms with Crippen LogP contribution in [-0.2, 0) is 16.4 Å². The molecule has 2 aliphatic heterocycles. The summed E-state index contributed by atoms with van der Waals surface area (Å²) in [5, 5.41) is 0. The number of halogens is 2. The predicted octanol–water partition coefficient (Wildman–Crippen LogP) is 3.13. The molecule has 5 rings (SSSR count). The van der Waals surface area contributed by atoms with E-state index >= 15 is 0 Å². The third-order valence-corrected chi connectivity index (χ3v) is 8.45. The number of hydrogen-bond donors (Lipinski definition) is 0. The maximum atomic E-state index is 14.7. The Morgan fingerprint density at radius 2 is 1.76 bits per heavy atom. The first kappa shape index (κ1) is 23.2. The predicted molar refractivity (Wildman–Crippen MR) is 125 cm³/mol. The molecule has 3 aliphatic rings. The highest BCUT2D eigenvalue weighted by Crippen LogP contribution is 2.52. The number of ether oxygens (including phenoxy) is 1. The smallest absolute Gasteiger partial charge is 0.225 e. The van der Waals surface area contributed by atoms with Gasteiger partial charge in [-0.05, 0) is 53.5 Å². The number of fused-ring (bicyclic) bond motifs is 1. The number of benzene rings is 1. The van der Waals surface area contributed by atoms with Crippen LogP contribution in [0.1, 0.15) is 24.5 Å². The summed E-state index contributed by atoms with van der Waals surface area (Å²) in [6.45, 7) is 4.48. The van der Waals surface area contributed by atoms with Crippen molar-refractivity contribution in [3.8, 4) is 5.75 Å². The van der Waals surface area contributed by atoms with E-state index in [0.29, 0.717) is 30.4 Å². The van der Waals surface area contributed by atoms with Crippen molar-refractivity contribution < 1.29 is 21.9 Å². The quantitative estimate of drug-likeness (QED) is 0.594. The fraction of sp³-hybridized carbons (Fsp3) is 0.500. The summed E-state index contributed by atoms with van der Waals surface area (Å²) in [7, 11) is -3.28. The molecule has 3 atom stereocenters. The summed E-state index contributed by atoms with van der Waals surface area (Å²) in [5.41, 5.74) is 2.25. The number of rotatable bonds is 7. The van der Waals surface area contributed by atoms with Gasteiger partial charge in [-0.1, -0.05) is 13.0 Å². The van der Waals surface area contributed by atoms with Gasteiger partial charge in [0.15, 0.2) is 17.4 Å². The third kappa shape index (κ3) is 4.53. The number of hydrogen-bond acceptors (Lipinski definition) is 6. The van der Waals surface area contributed by atoms with Crippen molar-refractivity contribution >= 4 is 21.5 Å². The van der Waals surface area contributed by atoms with Crippen molar-refractivity contribution in [2.75, 3.05) is 43.9 Å². The number of aryl methyl sites for hydroxylation is 1. The van der Waals surface area contributed by atoms with Gasteiger partial charge < -0.3 is 9.64 Å². The van der Waals surface area contributed by atoms with Crippen LogP contribution in [0.25, 0.3) is 5.57 Å². The first-order valence-electron chi connectivity index (χ1n) is 11.6. The molecule has 10 heteroatoms. The molecular weight excluding hydrogens is 462 g/mol. The topological polar surface area (TPSA) is 75.6 Å². The minimum atomic E-state index is -3.28. The molecule has 0 radical (unpaired) electrons. The molecule has 0 N–H and O–H groups in total. The molecule has 1 aromatic carbocycles. The van der Waals surface area contributed by atoms with Crippen molar-refractivity contribution in [3.05, 3.63) is 53.4 Å². The van der Waals surface area contributed by atoms with Gasteiger partial charge in [-0.25, -0.2) is 27.2 Å². The van der Waals surface area contributed by atoms with Crippen LogP contribution >= 0.6 is 0 Å². The van der Waals surface area contributed by atoms with Gasteiger partial charge >= 0.3 is 0 Å². The molecule has 3 heterocycles. The molecule has 2 aromatic rings. The molecule has 182 valence electrons. The Kier molecular flexibility index (Phi) is 6.05. The van der Waals surface area contributed by atoms with Gasteiger partial charge in [0, 0.05) is 44.5 Å². The number of anilines is 1. The Hall–Kier alpha value is -2.59. The SMILES string of the molecule is CCc1cnc(N2CC3[C@@H](COc4c(F)cc(C5=CCN(S(C)(=O)=O)CC5)cc4F)[C@@H]3C2)nc1. The number of piperidine rings is 1. The van der Waals surface area contributed by atoms with Crippen molar-refractivity contribution in [2.24, 2.45) is 17.8 Å². The van der Waals surface area contributed by atoms with Crippen LogP contribution in [0, 0.1) is 29.4 Å². The lowest BCUT2D eigenvalue weighted by molar-refractivity contribution is 0.257. The zero-order valence-electron chi connectivity index (χ0n) is 19.2. The molecule has 1 unspecified atom stereocenters. The molecule has 1 saturated carbocycles. The number of sulfonamides is 1. The second-order valence-corrected chi connectivity index (χ2v) is 11.3. The highest BCUT2D eigenvalue weighted by atomic mass is 32.2. The zero-order valence-corrected chi connectivity index (χ0v) is 20.1. The monoisotopic (exact) mass is 490 g/mol. The number of nitrogens with zero attached hydrogens (tertiary/aromatic N) is 4. The summed E-state index contributed by atoms with van der Waals surface area (Å²) in [5.74, 6) is 0.0194. The van der Waals surface area contributed by atoms with Crippen LogP contribution in [0.3, 0.4) is 0 Å². The Morgan fingerprint density at radius 3 is 2.29 bits per heavy atom. The fourth-order valence-electron chi connectivity index (χ4n) is 5.03. The van der Waals surface area contributed by atoms with Gasteiger partial charge in [0.25, 0.3) is 0 Å². The molecule has 7 nitrogen and oxygen atoms in total. The van der Waals surface area contributed by atoms with Gasteiger partial charge in [0.2, 0.25) is 16.0 Å². The van der Waals surface area contributed by atoms with Crippen LogP contribution in [-0.4, -0.2) is 61.7 Å². The van der Waals surface area contributed by atoms with Crippen LogP contribution in [0.15, 0.2) is 30.6 Å². The maximum absolute atomic E-state index is 14.7. The van der Waals surface area contributed by atoms with E-state index in [1.165, 1.54) is 16.4 Å². The summed E-state index contributed by atoms with van der Waals surface area (Å²) >= 11 is 0. The van der Waals surface area contributed by atoms with Crippen molar-refractivity contribution in [3.63, 3.8) is 0 Å². The normalized spacial score (nSPS) is 24.6. The lowest BCUT2D eigenvalue weighted by Crippen LogP contribution is -2.33. The van der Waals surface area contributed by atoms with Gasteiger partial charge in [0.05, 0.1) is 12.9 Å².